The van der Waals surface area contributed by atoms with E-state index >= 15 is 0 Å². The molecule has 3 N–H and O–H groups in total. The summed E-state index contributed by atoms with van der Waals surface area (Å²) in [7, 11) is 0. The molecule has 1 heterocycles. The maximum Gasteiger partial charge on any atom is 0.138 e. The minimum Gasteiger partial charge on any atom is -0.271 e. The summed E-state index contributed by atoms with van der Waals surface area (Å²) in [5, 5.41) is 4.18. The molecule has 1 aromatic carbocycles. The molecule has 0 aliphatic carbocycles. The Morgan fingerprint density at radius 1 is 1.47 bits per heavy atom. The second-order valence-corrected chi connectivity index (χ2v) is 5.19. The number of nitrogens with one attached hydrogen (secondary N) is 1. The molecule has 0 aliphatic heterocycles. The lowest BCUT2D eigenvalue weighted by molar-refractivity contribution is 0.508. The van der Waals surface area contributed by atoms with Crippen LogP contribution in [-0.4, -0.2) is 14.8 Å². The first-order valence-electron chi connectivity index (χ1n) is 6.25. The molecule has 0 aliphatic rings. The second kappa shape index (κ2) is 6.27. The van der Waals surface area contributed by atoms with Gasteiger partial charge in [-0.2, -0.15) is 5.10 Å². The zero-order valence-corrected chi connectivity index (χ0v) is 12.7. The molecule has 2 aromatic rings. The van der Waals surface area contributed by atoms with Gasteiger partial charge in [0.2, 0.25) is 0 Å². The van der Waals surface area contributed by atoms with Gasteiger partial charge in [-0.3, -0.25) is 16.0 Å². The molecular formula is C13H18BrN5. The standard InChI is InChI=1S/C13H18BrN5/c1-3-19-12(16-8-17-19)7-11(18-15)10-6-4-5-9(2)13(10)14/h4-6,8,11,18H,3,7,15H2,1-2H3. The van der Waals surface area contributed by atoms with Crippen LogP contribution in [0.25, 0.3) is 0 Å². The predicted molar refractivity (Wildman–Crippen MR) is 78.3 cm³/mol. The first kappa shape index (κ1) is 14.2. The first-order chi connectivity index (χ1) is 9.17. The van der Waals surface area contributed by atoms with E-state index in [9.17, 15) is 0 Å². The maximum absolute atomic E-state index is 5.70. The number of hydrazine groups is 1. The van der Waals surface area contributed by atoms with Gasteiger partial charge in [0.15, 0.2) is 0 Å². The van der Waals surface area contributed by atoms with E-state index in [1.54, 1.807) is 6.33 Å². The smallest absolute Gasteiger partial charge is 0.138 e. The van der Waals surface area contributed by atoms with Gasteiger partial charge >= 0.3 is 0 Å². The highest BCUT2D eigenvalue weighted by Gasteiger charge is 2.17. The molecule has 0 radical (unpaired) electrons. The van der Waals surface area contributed by atoms with Gasteiger partial charge in [0.25, 0.3) is 0 Å². The van der Waals surface area contributed by atoms with Crippen LogP contribution in [0.15, 0.2) is 29.0 Å². The zero-order chi connectivity index (χ0) is 13.8. The van der Waals surface area contributed by atoms with Crippen molar-refractivity contribution in [3.05, 3.63) is 46.0 Å². The van der Waals surface area contributed by atoms with Crippen molar-refractivity contribution >= 4 is 15.9 Å². The number of aryl methyl sites for hydroxylation is 2. The average molecular weight is 324 g/mol. The van der Waals surface area contributed by atoms with Crippen molar-refractivity contribution < 1.29 is 0 Å². The Kier molecular flexibility index (Phi) is 4.68. The SMILES string of the molecule is CCn1ncnc1CC(NN)c1cccc(C)c1Br. The fraction of sp³-hybridized carbons (Fsp3) is 0.385. The molecule has 0 spiro atoms. The molecule has 0 amide bonds. The quantitative estimate of drug-likeness (QED) is 0.653. The molecule has 1 atom stereocenters. The maximum atomic E-state index is 5.70. The van der Waals surface area contributed by atoms with Crippen molar-refractivity contribution in [1.82, 2.24) is 20.2 Å². The highest BCUT2D eigenvalue weighted by atomic mass is 79.9. The summed E-state index contributed by atoms with van der Waals surface area (Å²) >= 11 is 3.62. The third-order valence-corrected chi connectivity index (χ3v) is 4.26. The lowest BCUT2D eigenvalue weighted by Crippen LogP contribution is -2.30. The van der Waals surface area contributed by atoms with Crippen molar-refractivity contribution in [2.24, 2.45) is 5.84 Å². The largest absolute Gasteiger partial charge is 0.271 e. The van der Waals surface area contributed by atoms with Crippen LogP contribution in [0.1, 0.15) is 29.9 Å². The van der Waals surface area contributed by atoms with Gasteiger partial charge < -0.3 is 0 Å². The average Bonchev–Trinajstić information content (AvgIpc) is 2.87. The van der Waals surface area contributed by atoms with Crippen LogP contribution in [0.2, 0.25) is 0 Å². The molecule has 1 aromatic heterocycles. The van der Waals surface area contributed by atoms with Crippen LogP contribution in [0, 0.1) is 6.92 Å². The number of rotatable bonds is 5. The Morgan fingerprint density at radius 3 is 2.95 bits per heavy atom. The van der Waals surface area contributed by atoms with Crippen molar-refractivity contribution in [3.8, 4) is 0 Å². The minimum absolute atomic E-state index is 0.00350. The van der Waals surface area contributed by atoms with Crippen LogP contribution >= 0.6 is 15.9 Å². The molecule has 0 fully saturated rings. The van der Waals surface area contributed by atoms with E-state index in [1.807, 2.05) is 17.7 Å². The molecule has 0 saturated heterocycles. The van der Waals surface area contributed by atoms with Crippen molar-refractivity contribution in [3.63, 3.8) is 0 Å². The predicted octanol–water partition coefficient (Wildman–Crippen LogP) is 2.12. The number of benzene rings is 1. The first-order valence-corrected chi connectivity index (χ1v) is 7.04. The molecule has 0 bridgehead atoms. The lowest BCUT2D eigenvalue weighted by atomic mass is 10.0. The highest BCUT2D eigenvalue weighted by Crippen LogP contribution is 2.28. The van der Waals surface area contributed by atoms with E-state index in [-0.39, 0.29) is 6.04 Å². The van der Waals surface area contributed by atoms with Gasteiger partial charge in [0.05, 0.1) is 6.04 Å². The number of nitrogens with zero attached hydrogens (tertiary/aromatic N) is 3. The number of halogens is 1. The molecule has 0 saturated carbocycles. The summed E-state index contributed by atoms with van der Waals surface area (Å²) in [5.74, 6) is 6.63. The van der Waals surface area contributed by atoms with Gasteiger partial charge in [-0.25, -0.2) is 4.98 Å². The summed E-state index contributed by atoms with van der Waals surface area (Å²) in [6.07, 6.45) is 2.28. The number of hydrogen-bond acceptors (Lipinski definition) is 4. The third kappa shape index (κ3) is 3.02. The van der Waals surface area contributed by atoms with Crippen LogP contribution in [0.3, 0.4) is 0 Å². The molecule has 102 valence electrons. The molecule has 2 rings (SSSR count). The number of hydrogen-bond donors (Lipinski definition) is 2. The van der Waals surface area contributed by atoms with Gasteiger partial charge in [0.1, 0.15) is 12.2 Å². The Bertz CT molecular complexity index is 552. The number of nitrogens with two attached hydrogens (primary N) is 1. The van der Waals surface area contributed by atoms with E-state index < -0.39 is 0 Å². The Labute approximate surface area is 121 Å². The normalized spacial score (nSPS) is 12.6. The van der Waals surface area contributed by atoms with E-state index in [1.165, 1.54) is 5.56 Å². The van der Waals surface area contributed by atoms with Gasteiger partial charge in [-0.1, -0.05) is 34.1 Å². The molecule has 19 heavy (non-hydrogen) atoms. The summed E-state index contributed by atoms with van der Waals surface area (Å²) < 4.78 is 2.97. The van der Waals surface area contributed by atoms with E-state index in [0.29, 0.717) is 6.42 Å². The Balaban J connectivity index is 2.28. The zero-order valence-electron chi connectivity index (χ0n) is 11.1. The second-order valence-electron chi connectivity index (χ2n) is 4.39. The summed E-state index contributed by atoms with van der Waals surface area (Å²) in [5.41, 5.74) is 5.19. The van der Waals surface area contributed by atoms with Gasteiger partial charge in [0, 0.05) is 17.4 Å². The van der Waals surface area contributed by atoms with Gasteiger partial charge in [-0.15, -0.1) is 0 Å². The molecule has 1 unspecified atom stereocenters. The van der Waals surface area contributed by atoms with E-state index in [2.05, 4.69) is 50.5 Å². The number of aromatic nitrogens is 3. The molecular weight excluding hydrogens is 306 g/mol. The van der Waals surface area contributed by atoms with Crippen molar-refractivity contribution in [2.75, 3.05) is 0 Å². The Hall–Kier alpha value is -1.24. The summed E-state index contributed by atoms with van der Waals surface area (Å²) in [4.78, 5) is 4.29. The fourth-order valence-electron chi connectivity index (χ4n) is 2.09. The van der Waals surface area contributed by atoms with Crippen molar-refractivity contribution in [1.29, 1.82) is 0 Å². The minimum atomic E-state index is 0.00350. The lowest BCUT2D eigenvalue weighted by Gasteiger charge is -2.18. The van der Waals surface area contributed by atoms with Crippen molar-refractivity contribution in [2.45, 2.75) is 32.9 Å². The van der Waals surface area contributed by atoms with E-state index in [0.717, 1.165) is 22.4 Å². The summed E-state index contributed by atoms with van der Waals surface area (Å²) in [6.45, 7) is 4.92. The van der Waals surface area contributed by atoms with E-state index in [4.69, 9.17) is 5.84 Å². The fourth-order valence-corrected chi connectivity index (χ4v) is 2.63. The molecule has 6 heteroatoms. The van der Waals surface area contributed by atoms with Crippen LogP contribution in [0.4, 0.5) is 0 Å². The van der Waals surface area contributed by atoms with Gasteiger partial charge in [-0.05, 0) is 25.0 Å². The molecule has 5 nitrogen and oxygen atoms in total. The third-order valence-electron chi connectivity index (χ3n) is 3.18. The van der Waals surface area contributed by atoms with Crippen LogP contribution in [0.5, 0.6) is 0 Å². The highest BCUT2D eigenvalue weighted by molar-refractivity contribution is 9.10. The van der Waals surface area contributed by atoms with Crippen LogP contribution < -0.4 is 11.3 Å². The topological polar surface area (TPSA) is 68.8 Å². The summed E-state index contributed by atoms with van der Waals surface area (Å²) in [6, 6.07) is 6.16. The van der Waals surface area contributed by atoms with Crippen LogP contribution in [-0.2, 0) is 13.0 Å². The monoisotopic (exact) mass is 323 g/mol. The Morgan fingerprint density at radius 2 is 2.26 bits per heavy atom.